The summed E-state index contributed by atoms with van der Waals surface area (Å²) < 4.78 is 0. The van der Waals surface area contributed by atoms with E-state index in [1.165, 1.54) is 0 Å². The molecule has 4 nitrogen and oxygen atoms in total. The van der Waals surface area contributed by atoms with E-state index < -0.39 is 0 Å². The van der Waals surface area contributed by atoms with Crippen LogP contribution in [0.5, 0.6) is 0 Å². The molecule has 5 heteroatoms. The zero-order valence-electron chi connectivity index (χ0n) is 9.26. The number of benzene rings is 1. The summed E-state index contributed by atoms with van der Waals surface area (Å²) in [5.41, 5.74) is 4.02. The highest BCUT2D eigenvalue weighted by atomic mass is 32.1. The predicted molar refractivity (Wildman–Crippen MR) is 69.9 cm³/mol. The van der Waals surface area contributed by atoms with Crippen molar-refractivity contribution in [1.29, 1.82) is 0 Å². The Balaban J connectivity index is 2.15. The number of rotatable bonds is 0. The molecule has 0 aromatic heterocycles. The van der Waals surface area contributed by atoms with E-state index in [0.717, 1.165) is 35.6 Å². The summed E-state index contributed by atoms with van der Waals surface area (Å²) in [6, 6.07) is 7.87. The van der Waals surface area contributed by atoms with Gasteiger partial charge in [0.15, 0.2) is 0 Å². The molecule has 1 fully saturated rings. The zero-order chi connectivity index (χ0) is 11.8. The molecule has 2 heterocycles. The minimum Gasteiger partial charge on any atom is -0.352 e. The van der Waals surface area contributed by atoms with Gasteiger partial charge < -0.3 is 4.90 Å². The molecule has 1 atom stereocenters. The number of nitrogens with one attached hydrogen (secondary N) is 1. The maximum Gasteiger partial charge on any atom is 0.149 e. The van der Waals surface area contributed by atoms with Crippen molar-refractivity contribution in [2.75, 3.05) is 6.54 Å². The van der Waals surface area contributed by atoms with Crippen molar-refractivity contribution >= 4 is 28.7 Å². The second-order valence-corrected chi connectivity index (χ2v) is 4.67. The van der Waals surface area contributed by atoms with Crippen molar-refractivity contribution < 1.29 is 5.21 Å². The number of amidine groups is 1. The minimum atomic E-state index is 0.0832. The van der Waals surface area contributed by atoms with Gasteiger partial charge in [0, 0.05) is 12.1 Å². The largest absolute Gasteiger partial charge is 0.352 e. The van der Waals surface area contributed by atoms with E-state index in [4.69, 9.17) is 12.2 Å². The van der Waals surface area contributed by atoms with Crippen LogP contribution in [0.3, 0.4) is 0 Å². The Bertz CT molecular complexity index is 500. The minimum absolute atomic E-state index is 0.0832. The van der Waals surface area contributed by atoms with Crippen LogP contribution in [0.1, 0.15) is 18.4 Å². The van der Waals surface area contributed by atoms with Gasteiger partial charge in [0.2, 0.25) is 0 Å². The second-order valence-electron chi connectivity index (χ2n) is 4.28. The molecule has 0 radical (unpaired) electrons. The molecule has 0 bridgehead atoms. The van der Waals surface area contributed by atoms with E-state index in [9.17, 15) is 5.21 Å². The number of hydrogen-bond donors (Lipinski definition) is 2. The fourth-order valence-corrected chi connectivity index (χ4v) is 2.90. The van der Waals surface area contributed by atoms with Gasteiger partial charge in [-0.25, -0.2) is 4.99 Å². The van der Waals surface area contributed by atoms with Crippen molar-refractivity contribution in [2.45, 2.75) is 18.9 Å². The Morgan fingerprint density at radius 2 is 2.24 bits per heavy atom. The molecule has 1 aromatic carbocycles. The quantitative estimate of drug-likeness (QED) is 0.542. The average Bonchev–Trinajstić information content (AvgIpc) is 2.81. The van der Waals surface area contributed by atoms with Gasteiger partial charge >= 0.3 is 0 Å². The smallest absolute Gasteiger partial charge is 0.149 e. The maximum atomic E-state index is 9.22. The molecule has 0 spiro atoms. The normalized spacial score (nSPS) is 22.6. The average molecular weight is 247 g/mol. The molecule has 1 unspecified atom stereocenters. The third-order valence-corrected chi connectivity index (χ3v) is 3.77. The molecular formula is C12H13N3OS. The van der Waals surface area contributed by atoms with E-state index >= 15 is 0 Å². The van der Waals surface area contributed by atoms with Crippen LogP contribution in [0.15, 0.2) is 29.3 Å². The van der Waals surface area contributed by atoms with Gasteiger partial charge in [-0.15, -0.1) is 0 Å². The summed E-state index contributed by atoms with van der Waals surface area (Å²) in [5, 5.41) is 9.22. The van der Waals surface area contributed by atoms with Crippen molar-refractivity contribution in [3.63, 3.8) is 0 Å². The first-order chi connectivity index (χ1) is 8.31. The van der Waals surface area contributed by atoms with Gasteiger partial charge in [0.25, 0.3) is 0 Å². The van der Waals surface area contributed by atoms with Gasteiger partial charge in [-0.1, -0.05) is 24.4 Å². The summed E-state index contributed by atoms with van der Waals surface area (Å²) in [5.74, 6) is 0.592. The highest BCUT2D eigenvalue weighted by Crippen LogP contribution is 2.30. The molecule has 17 heavy (non-hydrogen) atoms. The number of nitrogens with zero attached hydrogens (tertiary/aromatic N) is 2. The van der Waals surface area contributed by atoms with Gasteiger partial charge in [-0.05, 0) is 25.0 Å². The lowest BCUT2D eigenvalue weighted by Gasteiger charge is -2.25. The zero-order valence-corrected chi connectivity index (χ0v) is 10.1. The Morgan fingerprint density at radius 3 is 3.06 bits per heavy atom. The Kier molecular flexibility index (Phi) is 2.57. The molecule has 88 valence electrons. The number of fused-ring (bicyclic) bond motifs is 2. The number of hydrogen-bond acceptors (Lipinski definition) is 4. The third kappa shape index (κ3) is 1.62. The molecule has 3 rings (SSSR count). The number of para-hydroxylation sites is 1. The number of aliphatic imine (C=N–C) groups is 1. The first-order valence-electron chi connectivity index (χ1n) is 5.70. The van der Waals surface area contributed by atoms with Crippen molar-refractivity contribution in [3.8, 4) is 0 Å². The van der Waals surface area contributed by atoms with Crippen LogP contribution in [0, 0.1) is 0 Å². The molecule has 2 aliphatic heterocycles. The lowest BCUT2D eigenvalue weighted by molar-refractivity contribution is 0.225. The van der Waals surface area contributed by atoms with E-state index in [1.54, 1.807) is 0 Å². The molecular weight excluding hydrogens is 234 g/mol. The van der Waals surface area contributed by atoms with E-state index in [0.29, 0.717) is 5.84 Å². The lowest BCUT2D eigenvalue weighted by Crippen LogP contribution is -2.43. The first-order valence-corrected chi connectivity index (χ1v) is 6.11. The van der Waals surface area contributed by atoms with Gasteiger partial charge in [-0.3, -0.25) is 10.7 Å². The Labute approximate surface area is 105 Å². The maximum absolute atomic E-state index is 9.22. The Hall–Kier alpha value is -1.46. The molecule has 1 aromatic rings. The van der Waals surface area contributed by atoms with E-state index in [2.05, 4.69) is 15.4 Å². The number of hydroxylamine groups is 1. The van der Waals surface area contributed by atoms with Crippen LogP contribution in [-0.4, -0.2) is 33.5 Å². The van der Waals surface area contributed by atoms with Gasteiger partial charge in [0.05, 0.1) is 11.7 Å². The van der Waals surface area contributed by atoms with Crippen molar-refractivity contribution in [1.82, 2.24) is 10.4 Å². The van der Waals surface area contributed by atoms with Crippen LogP contribution in [0.4, 0.5) is 5.69 Å². The fraction of sp³-hybridized carbons (Fsp3) is 0.333. The molecule has 0 amide bonds. The molecule has 0 saturated carbocycles. The summed E-state index contributed by atoms with van der Waals surface area (Å²) in [4.78, 5) is 7.45. The number of thiocarbonyl (C=S) groups is 1. The van der Waals surface area contributed by atoms with Crippen molar-refractivity contribution in [2.24, 2.45) is 4.99 Å². The summed E-state index contributed by atoms with van der Waals surface area (Å²) in [7, 11) is 0. The Morgan fingerprint density at radius 1 is 1.41 bits per heavy atom. The monoisotopic (exact) mass is 247 g/mol. The van der Waals surface area contributed by atoms with Gasteiger partial charge in [0.1, 0.15) is 10.8 Å². The molecule has 2 aliphatic rings. The standard InChI is InChI=1S/C12H13N3OS/c16-14-11-10-6-3-7-15(10)12(17)8-4-1-2-5-9(8)13-11/h1-2,4-5,10,16H,3,6-7H2,(H,13,14). The second kappa shape index (κ2) is 4.09. The first kappa shape index (κ1) is 10.7. The molecule has 1 saturated heterocycles. The highest BCUT2D eigenvalue weighted by Gasteiger charge is 2.34. The van der Waals surface area contributed by atoms with Crippen LogP contribution < -0.4 is 5.48 Å². The van der Waals surface area contributed by atoms with Crippen LogP contribution in [0.2, 0.25) is 0 Å². The lowest BCUT2D eigenvalue weighted by atomic mass is 10.1. The van der Waals surface area contributed by atoms with Crippen LogP contribution in [-0.2, 0) is 0 Å². The molecule has 2 N–H and O–H groups in total. The summed E-state index contributed by atoms with van der Waals surface area (Å²) >= 11 is 5.53. The summed E-state index contributed by atoms with van der Waals surface area (Å²) in [6.45, 7) is 0.929. The molecule has 0 aliphatic carbocycles. The highest BCUT2D eigenvalue weighted by molar-refractivity contribution is 7.80. The SMILES string of the molecule is ONC1=Nc2ccccc2C(=S)N2CCCC12. The summed E-state index contributed by atoms with van der Waals surface area (Å²) in [6.07, 6.45) is 2.05. The van der Waals surface area contributed by atoms with Crippen LogP contribution >= 0.6 is 12.2 Å². The van der Waals surface area contributed by atoms with Gasteiger partial charge in [-0.2, -0.15) is 0 Å². The topological polar surface area (TPSA) is 47.9 Å². The van der Waals surface area contributed by atoms with E-state index in [1.807, 2.05) is 24.3 Å². The van der Waals surface area contributed by atoms with E-state index in [-0.39, 0.29) is 6.04 Å². The fourth-order valence-electron chi connectivity index (χ4n) is 2.50. The third-order valence-electron chi connectivity index (χ3n) is 3.32. The predicted octanol–water partition coefficient (Wildman–Crippen LogP) is 1.85. The van der Waals surface area contributed by atoms with Crippen LogP contribution in [0.25, 0.3) is 0 Å². The van der Waals surface area contributed by atoms with Crippen molar-refractivity contribution in [3.05, 3.63) is 29.8 Å².